The molecule has 0 aliphatic carbocycles. The van der Waals surface area contributed by atoms with Crippen LogP contribution in [0.4, 0.5) is 27.6 Å². The third-order valence-electron chi connectivity index (χ3n) is 5.84. The van der Waals surface area contributed by atoms with Gasteiger partial charge in [-0.25, -0.2) is 9.67 Å². The van der Waals surface area contributed by atoms with Crippen molar-refractivity contribution in [1.29, 1.82) is 0 Å². The van der Waals surface area contributed by atoms with E-state index in [2.05, 4.69) is 20.1 Å². The van der Waals surface area contributed by atoms with Crippen LogP contribution in [0.15, 0.2) is 103 Å². The third-order valence-corrected chi connectivity index (χ3v) is 6.06. The minimum Gasteiger partial charge on any atom is -0.426 e. The van der Waals surface area contributed by atoms with E-state index in [1.165, 1.54) is 23.1 Å². The predicted molar refractivity (Wildman–Crippen MR) is 143 cm³/mol. The Morgan fingerprint density at radius 1 is 0.805 bits per heavy atom. The van der Waals surface area contributed by atoms with Crippen molar-refractivity contribution in [3.63, 3.8) is 0 Å². The van der Waals surface area contributed by atoms with Crippen LogP contribution in [0.5, 0.6) is 5.75 Å². The molecular formula is C29H18ClF5N4O2. The number of amides is 1. The smallest absolute Gasteiger partial charge is 0.426 e. The van der Waals surface area contributed by atoms with E-state index >= 15 is 0 Å². The van der Waals surface area contributed by atoms with Gasteiger partial charge in [-0.2, -0.15) is 22.0 Å². The summed E-state index contributed by atoms with van der Waals surface area (Å²) in [6, 6.07) is 25.8. The zero-order chi connectivity index (χ0) is 29.2. The van der Waals surface area contributed by atoms with Crippen molar-refractivity contribution in [1.82, 2.24) is 14.8 Å². The monoisotopic (exact) mass is 584 g/mol. The van der Waals surface area contributed by atoms with Crippen molar-refractivity contribution in [3.05, 3.63) is 114 Å². The molecule has 0 aliphatic rings. The maximum Gasteiger partial charge on any atom is 0.499 e. The van der Waals surface area contributed by atoms with Crippen LogP contribution in [0.1, 0.15) is 10.4 Å². The zero-order valence-corrected chi connectivity index (χ0v) is 21.5. The van der Waals surface area contributed by atoms with Gasteiger partial charge < -0.3 is 10.1 Å². The van der Waals surface area contributed by atoms with E-state index in [0.29, 0.717) is 33.3 Å². The van der Waals surface area contributed by atoms with E-state index in [1.807, 2.05) is 30.3 Å². The van der Waals surface area contributed by atoms with Crippen LogP contribution in [-0.2, 0) is 0 Å². The van der Waals surface area contributed by atoms with Gasteiger partial charge in [-0.15, -0.1) is 5.10 Å². The highest BCUT2D eigenvalue weighted by Crippen LogP contribution is 2.37. The molecule has 12 heteroatoms. The standard InChI is InChI=1S/C29H18ClF5N4O2/c30-22-15-20(18-4-2-1-3-5-18)14-21(16-22)27(40)37-23-8-6-19(7-9-23)26-36-17-39(38-26)24-10-12-25(13-11-24)41-29(34,35)28(31,32)33/h1-17H,(H,37,40). The summed E-state index contributed by atoms with van der Waals surface area (Å²) in [5.74, 6) is -0.697. The Balaban J connectivity index is 1.26. The van der Waals surface area contributed by atoms with Crippen LogP contribution in [0.3, 0.4) is 0 Å². The number of aromatic nitrogens is 3. The van der Waals surface area contributed by atoms with E-state index in [4.69, 9.17) is 11.6 Å². The fourth-order valence-electron chi connectivity index (χ4n) is 3.82. The highest BCUT2D eigenvalue weighted by molar-refractivity contribution is 6.31. The summed E-state index contributed by atoms with van der Waals surface area (Å²) in [5.41, 5.74) is 3.60. The van der Waals surface area contributed by atoms with Crippen molar-refractivity contribution in [3.8, 4) is 34.0 Å². The Hall–Kier alpha value is -4.77. The lowest BCUT2D eigenvalue weighted by atomic mass is 10.0. The molecule has 1 aromatic heterocycles. The summed E-state index contributed by atoms with van der Waals surface area (Å²) in [7, 11) is 0. The van der Waals surface area contributed by atoms with Crippen molar-refractivity contribution < 1.29 is 31.5 Å². The molecule has 4 aromatic carbocycles. The van der Waals surface area contributed by atoms with Crippen LogP contribution in [0.2, 0.25) is 5.02 Å². The molecule has 208 valence electrons. The molecule has 0 saturated carbocycles. The Morgan fingerprint density at radius 2 is 1.49 bits per heavy atom. The zero-order valence-electron chi connectivity index (χ0n) is 20.7. The average molecular weight is 585 g/mol. The van der Waals surface area contributed by atoms with Crippen molar-refractivity contribution in [2.45, 2.75) is 12.3 Å². The van der Waals surface area contributed by atoms with Crippen molar-refractivity contribution in [2.75, 3.05) is 5.32 Å². The Morgan fingerprint density at radius 3 is 2.15 bits per heavy atom. The molecule has 5 rings (SSSR count). The first-order valence-electron chi connectivity index (χ1n) is 11.9. The molecule has 1 N–H and O–H groups in total. The van der Waals surface area contributed by atoms with Gasteiger partial charge in [0, 0.05) is 21.8 Å². The van der Waals surface area contributed by atoms with E-state index < -0.39 is 18.0 Å². The number of hydrogen-bond acceptors (Lipinski definition) is 4. The summed E-state index contributed by atoms with van der Waals surface area (Å²) in [5, 5.41) is 7.57. The van der Waals surface area contributed by atoms with E-state index in [9.17, 15) is 26.7 Å². The van der Waals surface area contributed by atoms with Crippen LogP contribution in [-0.4, -0.2) is 33.0 Å². The molecule has 0 spiro atoms. The second kappa shape index (κ2) is 11.0. The summed E-state index contributed by atoms with van der Waals surface area (Å²) in [6.45, 7) is 0. The lowest BCUT2D eigenvalue weighted by molar-refractivity contribution is -0.360. The minimum atomic E-state index is -5.84. The molecule has 41 heavy (non-hydrogen) atoms. The van der Waals surface area contributed by atoms with Gasteiger partial charge in [0.2, 0.25) is 0 Å². The largest absolute Gasteiger partial charge is 0.499 e. The first-order valence-corrected chi connectivity index (χ1v) is 12.3. The molecule has 0 saturated heterocycles. The minimum absolute atomic E-state index is 0.314. The predicted octanol–water partition coefficient (Wildman–Crippen LogP) is 8.04. The molecule has 1 amide bonds. The second-order valence-electron chi connectivity index (χ2n) is 8.75. The number of benzene rings is 4. The number of nitrogens with one attached hydrogen (secondary N) is 1. The first kappa shape index (κ1) is 27.8. The third kappa shape index (κ3) is 6.36. The summed E-state index contributed by atoms with van der Waals surface area (Å²) >= 11 is 6.26. The molecule has 0 bridgehead atoms. The SMILES string of the molecule is O=C(Nc1ccc(-c2ncn(-c3ccc(OC(F)(F)C(F)(F)F)cc3)n2)cc1)c1cc(Cl)cc(-c2ccccc2)c1. The fraction of sp³-hybridized carbons (Fsp3) is 0.0690. The van der Waals surface area contributed by atoms with Gasteiger partial charge in [-0.05, 0) is 77.9 Å². The number of nitrogens with zero attached hydrogens (tertiary/aromatic N) is 3. The normalized spacial score (nSPS) is 11.8. The molecular weight excluding hydrogens is 567 g/mol. The molecule has 0 fully saturated rings. The first-order chi connectivity index (χ1) is 19.5. The van der Waals surface area contributed by atoms with Crippen molar-refractivity contribution in [2.24, 2.45) is 0 Å². The lowest BCUT2D eigenvalue weighted by Gasteiger charge is -2.20. The van der Waals surface area contributed by atoms with Gasteiger partial charge in [-0.3, -0.25) is 4.79 Å². The van der Waals surface area contributed by atoms with Gasteiger partial charge in [0.25, 0.3) is 5.91 Å². The van der Waals surface area contributed by atoms with Crippen LogP contribution < -0.4 is 10.1 Å². The quantitative estimate of drug-likeness (QED) is 0.197. The number of carbonyl (C=O) groups excluding carboxylic acids is 1. The molecule has 0 radical (unpaired) electrons. The summed E-state index contributed by atoms with van der Waals surface area (Å²) in [4.78, 5) is 17.1. The highest BCUT2D eigenvalue weighted by atomic mass is 35.5. The molecule has 5 aromatic rings. The Bertz CT molecular complexity index is 1670. The van der Waals surface area contributed by atoms with Gasteiger partial charge in [-0.1, -0.05) is 41.9 Å². The number of hydrogen-bond donors (Lipinski definition) is 1. The van der Waals surface area contributed by atoms with E-state index in [0.717, 1.165) is 23.3 Å². The molecule has 0 atom stereocenters. The van der Waals surface area contributed by atoms with Crippen LogP contribution in [0.25, 0.3) is 28.2 Å². The van der Waals surface area contributed by atoms with E-state index in [1.54, 1.807) is 42.5 Å². The summed E-state index contributed by atoms with van der Waals surface area (Å²) < 4.78 is 68.4. The van der Waals surface area contributed by atoms with Crippen LogP contribution >= 0.6 is 11.6 Å². The van der Waals surface area contributed by atoms with Crippen molar-refractivity contribution >= 4 is 23.2 Å². The molecule has 1 heterocycles. The number of carbonyl (C=O) groups is 1. The number of alkyl halides is 5. The number of ether oxygens (including phenoxy) is 1. The molecule has 0 unspecified atom stereocenters. The van der Waals surface area contributed by atoms with Gasteiger partial charge in [0.15, 0.2) is 5.82 Å². The maximum atomic E-state index is 13.1. The van der Waals surface area contributed by atoms with Gasteiger partial charge in [0.05, 0.1) is 5.69 Å². The average Bonchev–Trinajstić information content (AvgIpc) is 3.44. The fourth-order valence-corrected chi connectivity index (χ4v) is 4.05. The lowest BCUT2D eigenvalue weighted by Crippen LogP contribution is -2.41. The second-order valence-corrected chi connectivity index (χ2v) is 9.19. The number of rotatable bonds is 7. The number of halogens is 6. The van der Waals surface area contributed by atoms with Crippen LogP contribution in [0, 0.1) is 0 Å². The maximum absolute atomic E-state index is 13.1. The Labute approximate surface area is 235 Å². The van der Waals surface area contributed by atoms with Gasteiger partial charge >= 0.3 is 12.3 Å². The molecule has 0 aliphatic heterocycles. The molecule has 6 nitrogen and oxygen atoms in total. The Kier molecular flexibility index (Phi) is 7.46. The van der Waals surface area contributed by atoms with E-state index in [-0.39, 0.29) is 5.91 Å². The van der Waals surface area contributed by atoms with Gasteiger partial charge in [0.1, 0.15) is 12.1 Å². The number of anilines is 1. The highest BCUT2D eigenvalue weighted by Gasteiger charge is 2.61. The topological polar surface area (TPSA) is 69.0 Å². The summed E-state index contributed by atoms with van der Waals surface area (Å²) in [6.07, 6.45) is -9.81.